The maximum atomic E-state index is 13.3. The highest BCUT2D eigenvalue weighted by Gasteiger charge is 2.47. The lowest BCUT2D eigenvalue weighted by Crippen LogP contribution is -2.52. The zero-order chi connectivity index (χ0) is 21.5. The van der Waals surface area contributed by atoms with Gasteiger partial charge in [0.2, 0.25) is 10.0 Å². The Hall–Kier alpha value is -1.23. The van der Waals surface area contributed by atoms with Crippen LogP contribution in [0, 0.1) is 12.8 Å². The van der Waals surface area contributed by atoms with Gasteiger partial charge in [-0.1, -0.05) is 0 Å². The van der Waals surface area contributed by atoms with Crippen LogP contribution in [0.2, 0.25) is 0 Å². The van der Waals surface area contributed by atoms with Crippen molar-refractivity contribution in [2.75, 3.05) is 19.8 Å². The van der Waals surface area contributed by atoms with Crippen LogP contribution >= 0.6 is 0 Å². The number of hydrogen-bond acceptors (Lipinski definition) is 5. The second-order valence-electron chi connectivity index (χ2n) is 8.63. The van der Waals surface area contributed by atoms with Gasteiger partial charge in [-0.05, 0) is 70.0 Å². The van der Waals surface area contributed by atoms with Crippen LogP contribution in [-0.2, 0) is 20.9 Å². The van der Waals surface area contributed by atoms with Crippen LogP contribution in [0.15, 0.2) is 17.0 Å². The quantitative estimate of drug-likeness (QED) is 0.751. The molecule has 0 spiro atoms. The summed E-state index contributed by atoms with van der Waals surface area (Å²) < 4.78 is 72.3. The number of pyridine rings is 1. The molecule has 1 aromatic rings. The Labute approximate surface area is 175 Å². The van der Waals surface area contributed by atoms with Gasteiger partial charge in [0.25, 0.3) is 0 Å². The SMILES string of the molecule is Cc1nc(C(F)(F)F)ccc1S(=O)(=O)N1[C@@H]2CC[C@H]1C[C@@H](NCC1CCOCC1)C2. The smallest absolute Gasteiger partial charge is 0.381 e. The second kappa shape index (κ2) is 8.37. The minimum Gasteiger partial charge on any atom is -0.381 e. The summed E-state index contributed by atoms with van der Waals surface area (Å²) >= 11 is 0. The molecular weight excluding hydrogens is 419 g/mol. The molecule has 3 atom stereocenters. The highest BCUT2D eigenvalue weighted by atomic mass is 32.2. The summed E-state index contributed by atoms with van der Waals surface area (Å²) in [5.74, 6) is 0.596. The third-order valence-electron chi connectivity index (χ3n) is 6.59. The molecule has 0 aromatic carbocycles. The number of nitrogens with one attached hydrogen (secondary N) is 1. The molecule has 2 bridgehead atoms. The third-order valence-corrected chi connectivity index (χ3v) is 8.72. The summed E-state index contributed by atoms with van der Waals surface area (Å²) in [5.41, 5.74) is -1.18. The van der Waals surface area contributed by atoms with Gasteiger partial charge in [0.05, 0.1) is 5.69 Å². The molecule has 4 heterocycles. The lowest BCUT2D eigenvalue weighted by molar-refractivity contribution is -0.141. The molecule has 0 aliphatic carbocycles. The van der Waals surface area contributed by atoms with E-state index in [-0.39, 0.29) is 28.7 Å². The Morgan fingerprint density at radius 3 is 2.33 bits per heavy atom. The minimum atomic E-state index is -4.60. The summed E-state index contributed by atoms with van der Waals surface area (Å²) in [6.45, 7) is 3.85. The average molecular weight is 448 g/mol. The largest absolute Gasteiger partial charge is 0.433 e. The van der Waals surface area contributed by atoms with Gasteiger partial charge in [-0.25, -0.2) is 13.4 Å². The number of fused-ring (bicyclic) bond motifs is 2. The van der Waals surface area contributed by atoms with Crippen molar-refractivity contribution in [3.05, 3.63) is 23.5 Å². The van der Waals surface area contributed by atoms with Crippen molar-refractivity contribution in [2.24, 2.45) is 5.92 Å². The number of sulfonamides is 1. The predicted octanol–water partition coefficient (Wildman–Crippen LogP) is 3.11. The summed E-state index contributed by atoms with van der Waals surface area (Å²) in [6.07, 6.45) is 0.526. The van der Waals surface area contributed by atoms with E-state index in [1.165, 1.54) is 11.2 Å². The highest BCUT2D eigenvalue weighted by Crippen LogP contribution is 2.40. The molecule has 0 amide bonds. The molecule has 3 saturated heterocycles. The van der Waals surface area contributed by atoms with E-state index >= 15 is 0 Å². The normalized spacial score (nSPS) is 28.7. The van der Waals surface area contributed by atoms with E-state index in [0.717, 1.165) is 70.4 Å². The summed E-state index contributed by atoms with van der Waals surface area (Å²) in [5, 5.41) is 3.62. The highest BCUT2D eigenvalue weighted by molar-refractivity contribution is 7.89. The number of ether oxygens (including phenoxy) is 1. The molecule has 1 aromatic heterocycles. The molecule has 3 fully saturated rings. The van der Waals surface area contributed by atoms with Gasteiger partial charge < -0.3 is 10.1 Å². The van der Waals surface area contributed by atoms with Gasteiger partial charge in [0.1, 0.15) is 10.6 Å². The van der Waals surface area contributed by atoms with Crippen LogP contribution in [0.3, 0.4) is 0 Å². The van der Waals surface area contributed by atoms with Crippen molar-refractivity contribution < 1.29 is 26.3 Å². The standard InChI is InChI=1S/C20H28F3N3O3S/c1-13-18(4-5-19(25-13)20(21,22)23)30(27,28)26-16-2-3-17(26)11-15(10-16)24-12-14-6-8-29-9-7-14/h4-5,14-17,24H,2-3,6-12H2,1H3/t15-,16+,17-. The number of nitrogens with zero attached hydrogens (tertiary/aromatic N) is 2. The Kier molecular flexibility index (Phi) is 6.13. The van der Waals surface area contributed by atoms with E-state index in [9.17, 15) is 21.6 Å². The molecule has 10 heteroatoms. The van der Waals surface area contributed by atoms with Gasteiger partial charge in [0, 0.05) is 31.3 Å². The third kappa shape index (κ3) is 4.37. The predicted molar refractivity (Wildman–Crippen MR) is 104 cm³/mol. The first-order chi connectivity index (χ1) is 14.2. The number of hydrogen-bond donors (Lipinski definition) is 1. The van der Waals surface area contributed by atoms with Gasteiger partial charge in [-0.15, -0.1) is 0 Å². The van der Waals surface area contributed by atoms with E-state index < -0.39 is 21.9 Å². The maximum Gasteiger partial charge on any atom is 0.433 e. The first-order valence-electron chi connectivity index (χ1n) is 10.6. The van der Waals surface area contributed by atoms with Crippen LogP contribution in [0.25, 0.3) is 0 Å². The molecule has 3 aliphatic heterocycles. The van der Waals surface area contributed by atoms with Crippen molar-refractivity contribution in [3.8, 4) is 0 Å². The Morgan fingerprint density at radius 2 is 1.77 bits per heavy atom. The zero-order valence-corrected chi connectivity index (χ0v) is 17.8. The van der Waals surface area contributed by atoms with E-state index in [1.807, 2.05) is 0 Å². The average Bonchev–Trinajstić information content (AvgIpc) is 2.98. The van der Waals surface area contributed by atoms with E-state index in [4.69, 9.17) is 4.74 Å². The maximum absolute atomic E-state index is 13.3. The van der Waals surface area contributed by atoms with Crippen LogP contribution in [0.5, 0.6) is 0 Å². The van der Waals surface area contributed by atoms with Crippen molar-refractivity contribution in [2.45, 2.75) is 74.6 Å². The van der Waals surface area contributed by atoms with Gasteiger partial charge in [0.15, 0.2) is 0 Å². The first kappa shape index (κ1) is 22.0. The topological polar surface area (TPSA) is 71.5 Å². The Balaban J connectivity index is 1.46. The minimum absolute atomic E-state index is 0.107. The van der Waals surface area contributed by atoms with Crippen molar-refractivity contribution in [3.63, 3.8) is 0 Å². The fourth-order valence-corrected chi connectivity index (χ4v) is 7.12. The Morgan fingerprint density at radius 1 is 1.13 bits per heavy atom. The number of rotatable bonds is 5. The van der Waals surface area contributed by atoms with Gasteiger partial charge in [-0.3, -0.25) is 0 Å². The van der Waals surface area contributed by atoms with Crippen LogP contribution < -0.4 is 5.32 Å². The molecule has 3 aliphatic rings. The lowest BCUT2D eigenvalue weighted by Gasteiger charge is -2.39. The molecule has 6 nitrogen and oxygen atoms in total. The molecule has 1 N–H and O–H groups in total. The van der Waals surface area contributed by atoms with E-state index in [1.54, 1.807) is 0 Å². The van der Waals surface area contributed by atoms with Crippen LogP contribution in [-0.4, -0.2) is 55.6 Å². The fourth-order valence-electron chi connectivity index (χ4n) is 5.07. The van der Waals surface area contributed by atoms with Gasteiger partial charge in [-0.2, -0.15) is 17.5 Å². The fraction of sp³-hybridized carbons (Fsp3) is 0.750. The number of piperidine rings is 1. The lowest BCUT2D eigenvalue weighted by atomic mass is 9.96. The molecule has 168 valence electrons. The molecular formula is C20H28F3N3O3S. The van der Waals surface area contributed by atoms with Crippen molar-refractivity contribution in [1.82, 2.24) is 14.6 Å². The summed E-state index contributed by atoms with van der Waals surface area (Å²) in [4.78, 5) is 3.39. The molecule has 0 radical (unpaired) electrons. The number of alkyl halides is 3. The Bertz CT molecular complexity index is 858. The van der Waals surface area contributed by atoms with Crippen molar-refractivity contribution in [1.29, 1.82) is 0 Å². The number of aryl methyl sites for hydroxylation is 1. The first-order valence-corrected chi connectivity index (χ1v) is 12.0. The summed E-state index contributed by atoms with van der Waals surface area (Å²) in [6, 6.07) is 1.83. The van der Waals surface area contributed by atoms with Gasteiger partial charge >= 0.3 is 6.18 Å². The zero-order valence-electron chi connectivity index (χ0n) is 17.0. The molecule has 0 unspecified atom stereocenters. The number of halogens is 3. The molecule has 0 saturated carbocycles. The van der Waals surface area contributed by atoms with E-state index in [2.05, 4.69) is 10.3 Å². The van der Waals surface area contributed by atoms with E-state index in [0.29, 0.717) is 5.92 Å². The van der Waals surface area contributed by atoms with Crippen LogP contribution in [0.4, 0.5) is 13.2 Å². The van der Waals surface area contributed by atoms with Crippen molar-refractivity contribution >= 4 is 10.0 Å². The van der Waals surface area contributed by atoms with Crippen LogP contribution in [0.1, 0.15) is 49.9 Å². The monoisotopic (exact) mass is 447 g/mol. The second-order valence-corrected chi connectivity index (χ2v) is 10.4. The molecule has 30 heavy (non-hydrogen) atoms. The number of aromatic nitrogens is 1. The molecule has 4 rings (SSSR count). The summed E-state index contributed by atoms with van der Waals surface area (Å²) in [7, 11) is -3.89.